The van der Waals surface area contributed by atoms with Gasteiger partial charge in [0.15, 0.2) is 0 Å². The van der Waals surface area contributed by atoms with Gasteiger partial charge in [-0.1, -0.05) is 18.2 Å². The topological polar surface area (TPSA) is 48.5 Å². The van der Waals surface area contributed by atoms with Gasteiger partial charge in [-0.15, -0.1) is 11.3 Å². The predicted octanol–water partition coefficient (Wildman–Crippen LogP) is 3.76. The van der Waals surface area contributed by atoms with Crippen LogP contribution in [0.1, 0.15) is 10.6 Å². The van der Waals surface area contributed by atoms with Crippen molar-refractivity contribution < 1.29 is 0 Å². The fourth-order valence-electron chi connectivity index (χ4n) is 2.66. The van der Waals surface area contributed by atoms with E-state index in [2.05, 4.69) is 40.4 Å². The van der Waals surface area contributed by atoms with Crippen LogP contribution in [0.15, 0.2) is 54.4 Å². The first-order valence-corrected chi connectivity index (χ1v) is 8.59. The highest BCUT2D eigenvalue weighted by atomic mass is 32.1. The molecule has 0 radical (unpaired) electrons. The second-order valence-electron chi connectivity index (χ2n) is 5.74. The van der Waals surface area contributed by atoms with Crippen molar-refractivity contribution in [2.24, 2.45) is 7.05 Å². The van der Waals surface area contributed by atoms with Gasteiger partial charge in [0, 0.05) is 35.4 Å². The summed E-state index contributed by atoms with van der Waals surface area (Å²) in [5.41, 5.74) is 7.30. The Bertz CT molecular complexity index is 979. The summed E-state index contributed by atoms with van der Waals surface area (Å²) in [7, 11) is 1.93. The molecule has 5 nitrogen and oxygen atoms in total. The lowest BCUT2D eigenvalue weighted by Gasteiger charge is -2.02. The summed E-state index contributed by atoms with van der Waals surface area (Å²) < 4.78 is 3.78. The number of hydrogen-bond donors (Lipinski definition) is 0. The zero-order valence-electron chi connectivity index (χ0n) is 13.5. The van der Waals surface area contributed by atoms with E-state index in [9.17, 15) is 0 Å². The average molecular weight is 335 g/mol. The van der Waals surface area contributed by atoms with Gasteiger partial charge >= 0.3 is 0 Å². The van der Waals surface area contributed by atoms with Gasteiger partial charge in [-0.05, 0) is 24.6 Å². The van der Waals surface area contributed by atoms with E-state index in [0.717, 1.165) is 34.6 Å². The van der Waals surface area contributed by atoms with E-state index in [0.29, 0.717) is 0 Å². The lowest BCUT2D eigenvalue weighted by molar-refractivity contribution is 0.693. The van der Waals surface area contributed by atoms with Gasteiger partial charge in [-0.3, -0.25) is 9.36 Å². The lowest BCUT2D eigenvalue weighted by Crippen LogP contribution is -2.00. The van der Waals surface area contributed by atoms with Crippen molar-refractivity contribution in [3.63, 3.8) is 0 Å². The van der Waals surface area contributed by atoms with Gasteiger partial charge in [-0.2, -0.15) is 10.2 Å². The molecule has 0 saturated heterocycles. The molecular formula is C18H17N5S. The molecule has 4 rings (SSSR count). The van der Waals surface area contributed by atoms with E-state index < -0.39 is 0 Å². The van der Waals surface area contributed by atoms with Gasteiger partial charge in [-0.25, -0.2) is 4.98 Å². The Hall–Kier alpha value is -2.73. The predicted molar refractivity (Wildman–Crippen MR) is 95.8 cm³/mol. The molecule has 0 amide bonds. The summed E-state index contributed by atoms with van der Waals surface area (Å²) in [6, 6.07) is 10.5. The van der Waals surface area contributed by atoms with E-state index in [1.54, 1.807) is 11.3 Å². The van der Waals surface area contributed by atoms with Gasteiger partial charge in [0.05, 0.1) is 29.6 Å². The van der Waals surface area contributed by atoms with Crippen molar-refractivity contribution in [2.45, 2.75) is 13.5 Å². The van der Waals surface area contributed by atoms with Crippen LogP contribution in [-0.4, -0.2) is 24.5 Å². The molecule has 0 aliphatic heterocycles. The second kappa shape index (κ2) is 6.05. The van der Waals surface area contributed by atoms with Crippen LogP contribution in [0.3, 0.4) is 0 Å². The fraction of sp³-hybridized carbons (Fsp3) is 0.167. The zero-order chi connectivity index (χ0) is 16.5. The van der Waals surface area contributed by atoms with Crippen LogP contribution < -0.4 is 0 Å². The van der Waals surface area contributed by atoms with Crippen LogP contribution in [0.25, 0.3) is 22.4 Å². The largest absolute Gasteiger partial charge is 0.275 e. The monoisotopic (exact) mass is 335 g/mol. The van der Waals surface area contributed by atoms with E-state index in [1.807, 2.05) is 47.4 Å². The molecule has 0 bridgehead atoms. The maximum absolute atomic E-state index is 4.71. The van der Waals surface area contributed by atoms with Gasteiger partial charge in [0.25, 0.3) is 0 Å². The molecule has 3 aromatic heterocycles. The molecule has 6 heteroatoms. The van der Waals surface area contributed by atoms with Crippen LogP contribution in [0.5, 0.6) is 0 Å². The zero-order valence-corrected chi connectivity index (χ0v) is 14.4. The summed E-state index contributed by atoms with van der Waals surface area (Å²) >= 11 is 1.67. The maximum Gasteiger partial charge on any atom is 0.0923 e. The molecule has 0 unspecified atom stereocenters. The molecule has 0 aliphatic carbocycles. The molecule has 0 fully saturated rings. The molecule has 0 N–H and O–H groups in total. The van der Waals surface area contributed by atoms with E-state index >= 15 is 0 Å². The third kappa shape index (κ3) is 2.88. The Morgan fingerprint density at radius 1 is 1.12 bits per heavy atom. The maximum atomic E-state index is 4.71. The standard InChI is InChI=1S/C18H17N5S/c1-13-18(24-12-19-13)11-23-7-6-17(21-23)15-5-3-4-14(8-15)16-9-20-22(2)10-16/h3-10,12H,11H2,1-2H3. The van der Waals surface area contributed by atoms with Crippen LogP contribution >= 0.6 is 11.3 Å². The molecule has 0 atom stereocenters. The lowest BCUT2D eigenvalue weighted by atomic mass is 10.0. The first-order chi connectivity index (χ1) is 11.7. The number of aromatic nitrogens is 5. The minimum atomic E-state index is 0.763. The first kappa shape index (κ1) is 14.8. The Morgan fingerprint density at radius 2 is 2.00 bits per heavy atom. The second-order valence-corrected chi connectivity index (χ2v) is 6.68. The normalized spacial score (nSPS) is 11.1. The average Bonchev–Trinajstić information content (AvgIpc) is 3.31. The van der Waals surface area contributed by atoms with Gasteiger partial charge in [0.1, 0.15) is 0 Å². The van der Waals surface area contributed by atoms with Crippen molar-refractivity contribution >= 4 is 11.3 Å². The molecule has 4 aromatic rings. The number of hydrogen-bond acceptors (Lipinski definition) is 4. The van der Waals surface area contributed by atoms with Crippen LogP contribution in [0, 0.1) is 6.92 Å². The highest BCUT2D eigenvalue weighted by molar-refractivity contribution is 7.09. The molecule has 0 aliphatic rings. The minimum absolute atomic E-state index is 0.763. The number of benzene rings is 1. The van der Waals surface area contributed by atoms with Crippen molar-refractivity contribution in [1.29, 1.82) is 0 Å². The van der Waals surface area contributed by atoms with E-state index in [1.165, 1.54) is 4.88 Å². The summed E-state index contributed by atoms with van der Waals surface area (Å²) in [4.78, 5) is 5.54. The van der Waals surface area contributed by atoms with Crippen LogP contribution in [0.2, 0.25) is 0 Å². The molecule has 24 heavy (non-hydrogen) atoms. The van der Waals surface area contributed by atoms with E-state index in [-0.39, 0.29) is 0 Å². The smallest absolute Gasteiger partial charge is 0.0923 e. The molecule has 0 spiro atoms. The summed E-state index contributed by atoms with van der Waals surface area (Å²) in [6.45, 7) is 2.80. The molecule has 3 heterocycles. The van der Waals surface area contributed by atoms with Crippen LogP contribution in [0.4, 0.5) is 0 Å². The SMILES string of the molecule is Cc1ncsc1Cn1ccc(-c2cccc(-c3cnn(C)c3)c2)n1. The third-order valence-electron chi connectivity index (χ3n) is 3.99. The number of thiazole rings is 1. The molecule has 120 valence electrons. The fourth-order valence-corrected chi connectivity index (χ4v) is 3.43. The number of nitrogens with zero attached hydrogens (tertiary/aromatic N) is 5. The molecule has 1 aromatic carbocycles. The third-order valence-corrected chi connectivity index (χ3v) is 4.91. The Kier molecular flexibility index (Phi) is 3.74. The van der Waals surface area contributed by atoms with Crippen molar-refractivity contribution in [2.75, 3.05) is 0 Å². The quantitative estimate of drug-likeness (QED) is 0.570. The highest BCUT2D eigenvalue weighted by Crippen LogP contribution is 2.25. The highest BCUT2D eigenvalue weighted by Gasteiger charge is 2.08. The molecule has 0 saturated carbocycles. The summed E-state index contributed by atoms with van der Waals surface area (Å²) in [5, 5.41) is 8.95. The molecular weight excluding hydrogens is 318 g/mol. The Labute approximate surface area is 144 Å². The Morgan fingerprint density at radius 3 is 2.75 bits per heavy atom. The van der Waals surface area contributed by atoms with Crippen molar-refractivity contribution in [1.82, 2.24) is 24.5 Å². The first-order valence-electron chi connectivity index (χ1n) is 7.71. The van der Waals surface area contributed by atoms with Crippen LogP contribution in [-0.2, 0) is 13.6 Å². The minimum Gasteiger partial charge on any atom is -0.275 e. The summed E-state index contributed by atoms with van der Waals surface area (Å²) in [5.74, 6) is 0. The number of aryl methyl sites for hydroxylation is 2. The number of rotatable bonds is 4. The Balaban J connectivity index is 1.61. The summed E-state index contributed by atoms with van der Waals surface area (Å²) in [6.07, 6.45) is 5.92. The van der Waals surface area contributed by atoms with Crippen molar-refractivity contribution in [3.8, 4) is 22.4 Å². The van der Waals surface area contributed by atoms with Gasteiger partial charge in [0.2, 0.25) is 0 Å². The van der Waals surface area contributed by atoms with Gasteiger partial charge < -0.3 is 0 Å². The van der Waals surface area contributed by atoms with Crippen molar-refractivity contribution in [3.05, 3.63) is 65.0 Å². The van der Waals surface area contributed by atoms with E-state index in [4.69, 9.17) is 5.10 Å².